The Kier molecular flexibility index (Phi) is 7.29. The van der Waals surface area contributed by atoms with E-state index in [2.05, 4.69) is 133 Å². The van der Waals surface area contributed by atoms with Crippen molar-refractivity contribution in [2.45, 2.75) is 12.8 Å². The number of benzene rings is 7. The van der Waals surface area contributed by atoms with E-state index in [1.54, 1.807) is 0 Å². The van der Waals surface area contributed by atoms with Gasteiger partial charge in [0, 0.05) is 27.5 Å². The molecule has 1 aliphatic rings. The summed E-state index contributed by atoms with van der Waals surface area (Å²) in [6.07, 6.45) is 6.22. The Morgan fingerprint density at radius 2 is 1.17 bits per heavy atom. The maximum atomic E-state index is 6.56. The van der Waals surface area contributed by atoms with Crippen LogP contribution in [-0.4, -0.2) is 15.0 Å². The van der Waals surface area contributed by atoms with Crippen molar-refractivity contribution in [2.24, 2.45) is 0 Å². The van der Waals surface area contributed by atoms with Gasteiger partial charge < -0.3 is 4.42 Å². The van der Waals surface area contributed by atoms with Crippen LogP contribution in [0.5, 0.6) is 0 Å². The van der Waals surface area contributed by atoms with Crippen molar-refractivity contribution in [1.82, 2.24) is 15.0 Å². The Morgan fingerprint density at radius 1 is 0.519 bits per heavy atom. The average molecular weight is 688 g/mol. The summed E-state index contributed by atoms with van der Waals surface area (Å²) >= 11 is 6.56. The minimum Gasteiger partial charge on any atom is -0.454 e. The summed E-state index contributed by atoms with van der Waals surface area (Å²) in [5, 5.41) is 7.47. The zero-order valence-corrected chi connectivity index (χ0v) is 28.8. The number of para-hydroxylation sites is 1. The molecule has 1 aliphatic carbocycles. The second kappa shape index (κ2) is 12.4. The van der Waals surface area contributed by atoms with Gasteiger partial charge in [0.2, 0.25) is 0 Å². The van der Waals surface area contributed by atoms with Gasteiger partial charge in [0.05, 0.1) is 5.02 Å². The van der Waals surface area contributed by atoms with Crippen LogP contribution >= 0.6 is 11.6 Å². The Labute approximate surface area is 305 Å². The van der Waals surface area contributed by atoms with Gasteiger partial charge in [0.25, 0.3) is 0 Å². The lowest BCUT2D eigenvalue weighted by Crippen LogP contribution is -2.04. The van der Waals surface area contributed by atoms with Crippen LogP contribution in [0.2, 0.25) is 5.02 Å². The molecule has 2 aromatic heterocycles. The fourth-order valence-corrected chi connectivity index (χ4v) is 7.73. The van der Waals surface area contributed by atoms with Gasteiger partial charge in [0.1, 0.15) is 5.58 Å². The molecule has 0 spiro atoms. The molecule has 0 amide bonds. The predicted octanol–water partition coefficient (Wildman–Crippen LogP) is 13.0. The highest BCUT2D eigenvalue weighted by Gasteiger charge is 2.20. The Hall–Kier alpha value is -6.36. The normalized spacial score (nSPS) is 13.2. The predicted molar refractivity (Wildman–Crippen MR) is 215 cm³/mol. The van der Waals surface area contributed by atoms with Gasteiger partial charge in [-0.2, -0.15) is 0 Å². The summed E-state index contributed by atoms with van der Waals surface area (Å²) in [5.74, 6) is 1.93. The molecule has 0 bridgehead atoms. The maximum absolute atomic E-state index is 6.56. The van der Waals surface area contributed by atoms with Crippen molar-refractivity contribution in [3.63, 3.8) is 0 Å². The second-order valence-corrected chi connectivity index (χ2v) is 13.6. The van der Waals surface area contributed by atoms with E-state index in [1.807, 2.05) is 24.3 Å². The first-order chi connectivity index (χ1) is 25.7. The van der Waals surface area contributed by atoms with E-state index in [0.717, 1.165) is 62.4 Å². The van der Waals surface area contributed by atoms with Crippen molar-refractivity contribution in [3.05, 3.63) is 174 Å². The summed E-state index contributed by atoms with van der Waals surface area (Å²) in [7, 11) is 0. The first-order valence-corrected chi connectivity index (χ1v) is 17.9. The minimum absolute atomic E-state index is 0.613. The van der Waals surface area contributed by atoms with E-state index in [9.17, 15) is 0 Å². The van der Waals surface area contributed by atoms with Crippen molar-refractivity contribution in [2.75, 3.05) is 0 Å². The van der Waals surface area contributed by atoms with Gasteiger partial charge in [-0.25, -0.2) is 15.0 Å². The van der Waals surface area contributed by atoms with Crippen LogP contribution in [0.4, 0.5) is 0 Å². The number of hydrogen-bond donors (Lipinski definition) is 0. The largest absolute Gasteiger partial charge is 0.454 e. The van der Waals surface area contributed by atoms with Gasteiger partial charge in [0.15, 0.2) is 23.1 Å². The molecule has 0 atom stereocenters. The highest BCUT2D eigenvalue weighted by Crippen LogP contribution is 2.40. The van der Waals surface area contributed by atoms with Crippen LogP contribution in [0.3, 0.4) is 0 Å². The van der Waals surface area contributed by atoms with Crippen LogP contribution in [0.15, 0.2) is 162 Å². The Balaban J connectivity index is 1.10. The third-order valence-electron chi connectivity index (χ3n) is 10.1. The molecular weight excluding hydrogens is 658 g/mol. The molecule has 5 heteroatoms. The smallest absolute Gasteiger partial charge is 0.164 e. The van der Waals surface area contributed by atoms with Gasteiger partial charge in [-0.1, -0.05) is 145 Å². The molecule has 7 aromatic carbocycles. The summed E-state index contributed by atoms with van der Waals surface area (Å²) in [6.45, 7) is 0. The number of nitrogens with zero attached hydrogens (tertiary/aromatic N) is 3. The molecule has 0 saturated carbocycles. The van der Waals surface area contributed by atoms with Gasteiger partial charge in [-0.05, 0) is 80.9 Å². The van der Waals surface area contributed by atoms with E-state index < -0.39 is 0 Å². The minimum atomic E-state index is 0.613. The highest BCUT2D eigenvalue weighted by molar-refractivity contribution is 6.36. The topological polar surface area (TPSA) is 51.8 Å². The zero-order chi connectivity index (χ0) is 34.6. The Bertz CT molecular complexity index is 2910. The third-order valence-corrected chi connectivity index (χ3v) is 10.4. The number of furan rings is 1. The zero-order valence-electron chi connectivity index (χ0n) is 28.1. The molecule has 246 valence electrons. The number of rotatable bonds is 5. The molecule has 4 nitrogen and oxygen atoms in total. The van der Waals surface area contributed by atoms with E-state index in [4.69, 9.17) is 31.0 Å². The van der Waals surface area contributed by atoms with Crippen LogP contribution < -0.4 is 0 Å². The number of allylic oxidation sites excluding steroid dienone is 4. The lowest BCUT2D eigenvalue weighted by Gasteiger charge is -2.16. The molecule has 0 unspecified atom stereocenters. The van der Waals surface area contributed by atoms with Crippen LogP contribution in [-0.2, 0) is 0 Å². The molecule has 0 fully saturated rings. The SMILES string of the molecule is Clc1cccc2c1oc1cccc(C3=CC(c4nc(-c5ccc(-c6cccc7ccccc67)cc5)nc(-c5ccc6ccccc6c5)n4)=CCC3)c12. The summed E-state index contributed by atoms with van der Waals surface area (Å²) in [4.78, 5) is 15.4. The highest BCUT2D eigenvalue weighted by atomic mass is 35.5. The van der Waals surface area contributed by atoms with Crippen LogP contribution in [0.25, 0.3) is 88.5 Å². The van der Waals surface area contributed by atoms with E-state index in [-0.39, 0.29) is 0 Å². The van der Waals surface area contributed by atoms with E-state index in [0.29, 0.717) is 28.1 Å². The first kappa shape index (κ1) is 30.5. The molecule has 0 saturated heterocycles. The number of aromatic nitrogens is 3. The van der Waals surface area contributed by atoms with Gasteiger partial charge in [-0.3, -0.25) is 0 Å². The van der Waals surface area contributed by atoms with Crippen molar-refractivity contribution in [1.29, 1.82) is 0 Å². The van der Waals surface area contributed by atoms with Crippen LogP contribution in [0, 0.1) is 0 Å². The summed E-state index contributed by atoms with van der Waals surface area (Å²) in [6, 6.07) is 50.4. The number of fused-ring (bicyclic) bond motifs is 5. The molecular formula is C47H30ClN3O. The fraction of sp³-hybridized carbons (Fsp3) is 0.0426. The van der Waals surface area contributed by atoms with E-state index in [1.165, 1.54) is 27.3 Å². The standard InChI is InChI=1S/C47H30ClN3O/c48-41-19-7-18-40-43-39(17-8-20-42(43)52-44(40)41)34-13-5-14-35(28-34)46-49-45(50-47(51-46)36-26-21-29-9-1-2-11-33(29)27-36)32-24-22-31(23-25-32)38-16-6-12-30-10-3-4-15-37(30)38/h1-4,6-12,14-28H,5,13H2. The van der Waals surface area contributed by atoms with Gasteiger partial charge >= 0.3 is 0 Å². The molecule has 0 aliphatic heterocycles. The summed E-state index contributed by atoms with van der Waals surface area (Å²) in [5.41, 5.74) is 9.08. The lowest BCUT2D eigenvalue weighted by molar-refractivity contribution is 0.669. The van der Waals surface area contributed by atoms with Crippen molar-refractivity contribution in [3.8, 4) is 33.9 Å². The average Bonchev–Trinajstić information content (AvgIpc) is 3.61. The maximum Gasteiger partial charge on any atom is 0.164 e. The quantitative estimate of drug-likeness (QED) is 0.181. The van der Waals surface area contributed by atoms with Gasteiger partial charge in [-0.15, -0.1) is 0 Å². The molecule has 10 rings (SSSR count). The number of hydrogen-bond acceptors (Lipinski definition) is 4. The Morgan fingerprint density at radius 3 is 2.06 bits per heavy atom. The lowest BCUT2D eigenvalue weighted by atomic mass is 9.90. The first-order valence-electron chi connectivity index (χ1n) is 17.5. The van der Waals surface area contributed by atoms with Crippen molar-refractivity contribution < 1.29 is 4.42 Å². The summed E-state index contributed by atoms with van der Waals surface area (Å²) < 4.78 is 6.24. The third kappa shape index (κ3) is 5.28. The molecule has 0 N–H and O–H groups in total. The molecule has 0 radical (unpaired) electrons. The van der Waals surface area contributed by atoms with E-state index >= 15 is 0 Å². The number of halogens is 1. The molecule has 9 aromatic rings. The monoisotopic (exact) mass is 687 g/mol. The fourth-order valence-electron chi connectivity index (χ4n) is 7.52. The van der Waals surface area contributed by atoms with Crippen LogP contribution in [0.1, 0.15) is 24.2 Å². The van der Waals surface area contributed by atoms with Crippen molar-refractivity contribution >= 4 is 66.2 Å². The second-order valence-electron chi connectivity index (χ2n) is 13.2. The molecule has 2 heterocycles. The molecule has 52 heavy (non-hydrogen) atoms.